The summed E-state index contributed by atoms with van der Waals surface area (Å²) in [5.41, 5.74) is 0.649. The molecule has 7 rings (SSSR count). The minimum absolute atomic E-state index is 0.00626. The maximum absolute atomic E-state index is 15.0. The predicted molar refractivity (Wildman–Crippen MR) is 145 cm³/mol. The lowest BCUT2D eigenvalue weighted by Crippen LogP contribution is -2.62. The van der Waals surface area contributed by atoms with Crippen LogP contribution in [0, 0.1) is 5.41 Å². The van der Waals surface area contributed by atoms with Gasteiger partial charge in [0, 0.05) is 47.7 Å². The van der Waals surface area contributed by atoms with Crippen LogP contribution >= 0.6 is 11.6 Å². The number of fused-ring (bicyclic) bond motifs is 3. The predicted octanol–water partition coefficient (Wildman–Crippen LogP) is 6.58. The Morgan fingerprint density at radius 3 is 2.56 bits per heavy atom. The molecule has 0 amide bonds. The van der Waals surface area contributed by atoms with Crippen molar-refractivity contribution < 1.29 is 22.3 Å². The molecule has 0 radical (unpaired) electrons. The van der Waals surface area contributed by atoms with E-state index in [4.69, 9.17) is 11.6 Å². The van der Waals surface area contributed by atoms with E-state index in [1.165, 1.54) is 18.3 Å². The number of ether oxygens (including phenoxy) is 1. The lowest BCUT2D eigenvalue weighted by atomic mass is 9.57. The zero-order valence-corrected chi connectivity index (χ0v) is 23.6. The van der Waals surface area contributed by atoms with Crippen molar-refractivity contribution in [3.8, 4) is 11.4 Å². The van der Waals surface area contributed by atoms with E-state index in [9.17, 15) is 13.2 Å². The van der Waals surface area contributed by atoms with E-state index in [0.29, 0.717) is 50.5 Å². The Kier molecular flexibility index (Phi) is 5.94. The second-order valence-corrected chi connectivity index (χ2v) is 13.1. The van der Waals surface area contributed by atoms with Crippen LogP contribution in [0.25, 0.3) is 5.69 Å². The zero-order chi connectivity index (χ0) is 28.8. The summed E-state index contributed by atoms with van der Waals surface area (Å²) in [6.45, 7) is 6.45. The molecule has 0 bridgehead atoms. The molecule has 2 aromatic heterocycles. The molecule has 7 nitrogen and oxygen atoms in total. The molecular weight excluding hydrogens is 560 g/mol. The van der Waals surface area contributed by atoms with Gasteiger partial charge in [-0.3, -0.25) is 9.47 Å². The summed E-state index contributed by atoms with van der Waals surface area (Å²) in [6, 6.07) is 8.59. The van der Waals surface area contributed by atoms with Crippen molar-refractivity contribution in [2.24, 2.45) is 5.41 Å². The molecular formula is C29H31ClF4N6O. The fourth-order valence-corrected chi connectivity index (χ4v) is 7.82. The summed E-state index contributed by atoms with van der Waals surface area (Å²) < 4.78 is 60.0. The highest BCUT2D eigenvalue weighted by Crippen LogP contribution is 2.58. The van der Waals surface area contributed by atoms with Gasteiger partial charge in [0.2, 0.25) is 0 Å². The van der Waals surface area contributed by atoms with Crippen LogP contribution in [0.5, 0.6) is 5.75 Å². The third-order valence-electron chi connectivity index (χ3n) is 9.58. The quantitative estimate of drug-likeness (QED) is 0.313. The van der Waals surface area contributed by atoms with Crippen molar-refractivity contribution >= 4 is 17.4 Å². The number of nitrogens with zero attached hydrogens (tertiary/aromatic N) is 6. The largest absolute Gasteiger partial charge is 0.573 e. The summed E-state index contributed by atoms with van der Waals surface area (Å²) in [5.74, 6) is 1.82. The van der Waals surface area contributed by atoms with E-state index in [1.807, 2.05) is 30.0 Å². The molecule has 1 spiro atoms. The molecule has 2 aliphatic carbocycles. The average Bonchev–Trinajstić information content (AvgIpc) is 3.16. The van der Waals surface area contributed by atoms with Gasteiger partial charge in [-0.2, -0.15) is 0 Å². The van der Waals surface area contributed by atoms with Crippen LogP contribution < -0.4 is 9.64 Å². The molecule has 2 aliphatic heterocycles. The topological polar surface area (TPSA) is 59.3 Å². The van der Waals surface area contributed by atoms with Crippen LogP contribution in [0.1, 0.15) is 69.1 Å². The van der Waals surface area contributed by atoms with Crippen LogP contribution in [0.2, 0.25) is 5.02 Å². The first-order valence-corrected chi connectivity index (χ1v) is 14.4. The van der Waals surface area contributed by atoms with Gasteiger partial charge in [-0.05, 0) is 74.9 Å². The molecule has 1 saturated heterocycles. The van der Waals surface area contributed by atoms with Gasteiger partial charge in [-0.1, -0.05) is 18.5 Å². The number of alkyl halides is 4. The van der Waals surface area contributed by atoms with Crippen molar-refractivity contribution in [1.82, 2.24) is 24.6 Å². The van der Waals surface area contributed by atoms with Gasteiger partial charge in [-0.25, -0.2) is 9.37 Å². The molecule has 12 heteroatoms. The Morgan fingerprint density at radius 2 is 1.85 bits per heavy atom. The summed E-state index contributed by atoms with van der Waals surface area (Å²) in [4.78, 5) is 8.32. The number of benzene rings is 1. The lowest BCUT2D eigenvalue weighted by Gasteiger charge is -2.59. The summed E-state index contributed by atoms with van der Waals surface area (Å²) >= 11 is 6.42. The van der Waals surface area contributed by atoms with Crippen molar-refractivity contribution in [1.29, 1.82) is 0 Å². The SMILES string of the molecule is CCC1(F)CC(C)(N2Cc3cc(Cl)ccc3-n3c(nnc3C3CC4(C3)CN(c3ncccc3OC(F)(F)F)C4)C2)C1. The van der Waals surface area contributed by atoms with E-state index >= 15 is 4.39 Å². The number of halogens is 5. The zero-order valence-electron chi connectivity index (χ0n) is 22.9. The van der Waals surface area contributed by atoms with Crippen LogP contribution in [-0.2, 0) is 13.1 Å². The van der Waals surface area contributed by atoms with E-state index in [0.717, 1.165) is 35.7 Å². The lowest BCUT2D eigenvalue weighted by molar-refractivity contribution is -0.274. The van der Waals surface area contributed by atoms with Crippen LogP contribution in [0.4, 0.5) is 23.4 Å². The monoisotopic (exact) mass is 590 g/mol. The molecule has 4 heterocycles. The third kappa shape index (κ3) is 4.56. The fraction of sp³-hybridized carbons (Fsp3) is 0.552. The number of pyridine rings is 1. The Bertz CT molecular complexity index is 1490. The summed E-state index contributed by atoms with van der Waals surface area (Å²) in [7, 11) is 0. The Hall–Kier alpha value is -2.92. The van der Waals surface area contributed by atoms with Gasteiger partial charge < -0.3 is 9.64 Å². The summed E-state index contributed by atoms with van der Waals surface area (Å²) in [6.07, 6.45) is -0.0978. The van der Waals surface area contributed by atoms with Crippen LogP contribution in [0.15, 0.2) is 36.5 Å². The van der Waals surface area contributed by atoms with E-state index in [1.54, 1.807) is 0 Å². The van der Waals surface area contributed by atoms with Gasteiger partial charge in [0.05, 0.1) is 12.2 Å². The number of rotatable bonds is 5. The Balaban J connectivity index is 1.11. The molecule has 41 heavy (non-hydrogen) atoms. The minimum atomic E-state index is -4.77. The van der Waals surface area contributed by atoms with E-state index in [-0.39, 0.29) is 28.4 Å². The van der Waals surface area contributed by atoms with Crippen LogP contribution in [0.3, 0.4) is 0 Å². The van der Waals surface area contributed by atoms with Crippen molar-refractivity contribution in [3.05, 3.63) is 58.8 Å². The van der Waals surface area contributed by atoms with Crippen molar-refractivity contribution in [2.45, 2.75) is 82.5 Å². The highest BCUT2D eigenvalue weighted by Gasteiger charge is 2.57. The molecule has 0 N–H and O–H groups in total. The first-order valence-electron chi connectivity index (χ1n) is 14.0. The Labute approximate surface area is 240 Å². The van der Waals surface area contributed by atoms with Gasteiger partial charge in [0.1, 0.15) is 11.5 Å². The molecule has 4 aliphatic rings. The number of anilines is 1. The smallest absolute Gasteiger partial charge is 0.402 e. The van der Waals surface area contributed by atoms with Gasteiger partial charge in [0.25, 0.3) is 0 Å². The molecule has 2 saturated carbocycles. The average molecular weight is 591 g/mol. The fourth-order valence-electron chi connectivity index (χ4n) is 7.62. The van der Waals surface area contributed by atoms with Gasteiger partial charge >= 0.3 is 6.36 Å². The third-order valence-corrected chi connectivity index (χ3v) is 9.81. The van der Waals surface area contributed by atoms with E-state index in [2.05, 4.69) is 36.3 Å². The second kappa shape index (κ2) is 9.04. The maximum atomic E-state index is 15.0. The highest BCUT2D eigenvalue weighted by atomic mass is 35.5. The minimum Gasteiger partial charge on any atom is -0.402 e. The summed E-state index contributed by atoms with van der Waals surface area (Å²) in [5, 5.41) is 9.92. The van der Waals surface area contributed by atoms with Gasteiger partial charge in [-0.15, -0.1) is 23.4 Å². The van der Waals surface area contributed by atoms with Crippen molar-refractivity contribution in [2.75, 3.05) is 18.0 Å². The molecule has 0 unspecified atom stereocenters. The van der Waals surface area contributed by atoms with E-state index < -0.39 is 12.0 Å². The number of hydrogen-bond acceptors (Lipinski definition) is 6. The number of hydrogen-bond donors (Lipinski definition) is 0. The normalized spacial score (nSPS) is 27.3. The first-order chi connectivity index (χ1) is 19.4. The van der Waals surface area contributed by atoms with Crippen LogP contribution in [-0.4, -0.2) is 55.3 Å². The Morgan fingerprint density at radius 1 is 1.10 bits per heavy atom. The van der Waals surface area contributed by atoms with Gasteiger partial charge in [0.15, 0.2) is 17.4 Å². The standard InChI is InChI=1S/C29H31ClF4N6O/c1-3-28(31)14-26(2,15-28)39-12-18-9-20(30)6-7-21(18)40-23(13-39)36-37-24(40)19-10-27(11-19)16-38(17-27)25-22(5-4-8-35-25)41-29(32,33)34/h4-9,19H,3,10-17H2,1-2H3. The molecule has 218 valence electrons. The highest BCUT2D eigenvalue weighted by molar-refractivity contribution is 6.30. The number of aromatic nitrogens is 4. The molecule has 3 aromatic rings. The second-order valence-electron chi connectivity index (χ2n) is 12.6. The molecule has 0 atom stereocenters. The maximum Gasteiger partial charge on any atom is 0.573 e. The molecule has 1 aromatic carbocycles. The molecule has 3 fully saturated rings. The first kappa shape index (κ1) is 26.9. The van der Waals surface area contributed by atoms with Crippen molar-refractivity contribution in [3.63, 3.8) is 0 Å².